The maximum atomic E-state index is 11.1. The number of rotatable bonds is 1. The summed E-state index contributed by atoms with van der Waals surface area (Å²) in [5, 5.41) is 5.09. The molecule has 0 atom stereocenters. The van der Waals surface area contributed by atoms with Crippen LogP contribution in [0.3, 0.4) is 0 Å². The first-order valence-electron chi connectivity index (χ1n) is 3.49. The van der Waals surface area contributed by atoms with E-state index >= 15 is 0 Å². The van der Waals surface area contributed by atoms with Crippen LogP contribution in [0.1, 0.15) is 6.42 Å². The third-order valence-electron chi connectivity index (χ3n) is 1.47. The van der Waals surface area contributed by atoms with E-state index in [2.05, 4.69) is 15.1 Å². The van der Waals surface area contributed by atoms with Gasteiger partial charge < -0.3 is 0 Å². The first-order valence-corrected chi connectivity index (χ1v) is 3.49. The van der Waals surface area contributed by atoms with Gasteiger partial charge in [0.15, 0.2) is 5.82 Å². The number of aromatic nitrogens is 2. The molecule has 0 spiro atoms. The molecule has 1 aliphatic rings. The molecule has 1 aliphatic heterocycles. The number of hydrazone groups is 1. The van der Waals surface area contributed by atoms with E-state index in [1.165, 1.54) is 17.4 Å². The Morgan fingerprint density at radius 2 is 2.33 bits per heavy atom. The van der Waals surface area contributed by atoms with Crippen molar-refractivity contribution in [2.75, 3.05) is 5.01 Å². The number of carbonyl (C=O) groups excluding carboxylic acids is 1. The maximum Gasteiger partial charge on any atom is 0.254 e. The number of nitrogens with zero attached hydrogens (tertiary/aromatic N) is 4. The summed E-state index contributed by atoms with van der Waals surface area (Å²) < 4.78 is 0. The van der Waals surface area contributed by atoms with Crippen molar-refractivity contribution in [3.8, 4) is 0 Å². The molecule has 0 saturated carbocycles. The molecular weight excluding hydrogens is 156 g/mol. The number of anilines is 1. The molecule has 5 nitrogen and oxygen atoms in total. The zero-order valence-corrected chi connectivity index (χ0v) is 6.21. The first-order chi connectivity index (χ1) is 5.88. The lowest BCUT2D eigenvalue weighted by molar-refractivity contribution is -0.116. The fourth-order valence-electron chi connectivity index (χ4n) is 0.939. The second kappa shape index (κ2) is 2.69. The first kappa shape index (κ1) is 6.90. The molecule has 2 heterocycles. The van der Waals surface area contributed by atoms with Crippen molar-refractivity contribution in [3.05, 3.63) is 18.6 Å². The molecule has 0 aliphatic carbocycles. The Kier molecular flexibility index (Phi) is 1.55. The largest absolute Gasteiger partial charge is 0.272 e. The summed E-state index contributed by atoms with van der Waals surface area (Å²) in [5.74, 6) is 0.395. The van der Waals surface area contributed by atoms with Crippen LogP contribution in [0.15, 0.2) is 23.7 Å². The highest BCUT2D eigenvalue weighted by molar-refractivity contribution is 6.04. The van der Waals surface area contributed by atoms with Gasteiger partial charge in [-0.3, -0.25) is 9.78 Å². The molecule has 5 heteroatoms. The van der Waals surface area contributed by atoms with Crippen molar-refractivity contribution in [3.63, 3.8) is 0 Å². The topological polar surface area (TPSA) is 58.5 Å². The van der Waals surface area contributed by atoms with Crippen molar-refractivity contribution >= 4 is 17.9 Å². The quantitative estimate of drug-likeness (QED) is 0.592. The SMILES string of the molecule is O=C1CC=NN1c1cnccn1. The summed E-state index contributed by atoms with van der Waals surface area (Å²) >= 11 is 0. The third-order valence-corrected chi connectivity index (χ3v) is 1.47. The number of carbonyl (C=O) groups is 1. The van der Waals surface area contributed by atoms with E-state index in [4.69, 9.17) is 0 Å². The fraction of sp³-hybridized carbons (Fsp3) is 0.143. The highest BCUT2D eigenvalue weighted by Crippen LogP contribution is 2.12. The Morgan fingerprint density at radius 3 is 2.92 bits per heavy atom. The molecule has 0 saturated heterocycles. The van der Waals surface area contributed by atoms with Crippen LogP contribution in [0, 0.1) is 0 Å². The average Bonchev–Trinajstić information content (AvgIpc) is 2.53. The van der Waals surface area contributed by atoms with E-state index in [1.54, 1.807) is 12.4 Å². The predicted octanol–water partition coefficient (Wildman–Crippen LogP) is 0.199. The minimum atomic E-state index is -0.0736. The summed E-state index contributed by atoms with van der Waals surface area (Å²) in [6.45, 7) is 0. The van der Waals surface area contributed by atoms with Gasteiger partial charge in [-0.15, -0.1) is 0 Å². The van der Waals surface area contributed by atoms with Gasteiger partial charge in [0, 0.05) is 18.6 Å². The van der Waals surface area contributed by atoms with Crippen molar-refractivity contribution < 1.29 is 4.79 Å². The van der Waals surface area contributed by atoms with Crippen LogP contribution in [0.4, 0.5) is 5.82 Å². The number of amides is 1. The molecule has 0 fully saturated rings. The summed E-state index contributed by atoms with van der Waals surface area (Å²) in [7, 11) is 0. The molecule has 0 N–H and O–H groups in total. The van der Waals surface area contributed by atoms with Crippen LogP contribution >= 0.6 is 0 Å². The molecule has 0 radical (unpaired) electrons. The van der Waals surface area contributed by atoms with Crippen LogP contribution in [0.5, 0.6) is 0 Å². The second-order valence-corrected chi connectivity index (χ2v) is 2.27. The van der Waals surface area contributed by atoms with Crippen LogP contribution in [-0.4, -0.2) is 22.1 Å². The van der Waals surface area contributed by atoms with E-state index in [9.17, 15) is 4.79 Å². The lowest BCUT2D eigenvalue weighted by Gasteiger charge is -2.08. The van der Waals surface area contributed by atoms with E-state index in [1.807, 2.05) is 0 Å². The molecule has 1 aromatic heterocycles. The van der Waals surface area contributed by atoms with Crippen molar-refractivity contribution in [1.29, 1.82) is 0 Å². The molecule has 60 valence electrons. The summed E-state index contributed by atoms with van der Waals surface area (Å²) in [4.78, 5) is 18.9. The monoisotopic (exact) mass is 162 g/mol. The fourth-order valence-corrected chi connectivity index (χ4v) is 0.939. The molecule has 0 bridgehead atoms. The molecule has 12 heavy (non-hydrogen) atoms. The zero-order chi connectivity index (χ0) is 8.39. The zero-order valence-electron chi connectivity index (χ0n) is 6.21. The van der Waals surface area contributed by atoms with Gasteiger partial charge in [0.25, 0.3) is 5.91 Å². The highest BCUT2D eigenvalue weighted by atomic mass is 16.2. The van der Waals surface area contributed by atoms with E-state index in [-0.39, 0.29) is 5.91 Å². The van der Waals surface area contributed by atoms with Gasteiger partial charge in [0.2, 0.25) is 0 Å². The lowest BCUT2D eigenvalue weighted by atomic mass is 10.4. The normalized spacial score (nSPS) is 15.7. The minimum absolute atomic E-state index is 0.0736. The minimum Gasteiger partial charge on any atom is -0.272 e. The Labute approximate surface area is 68.7 Å². The van der Waals surface area contributed by atoms with E-state index in [0.717, 1.165) is 0 Å². The predicted molar refractivity (Wildman–Crippen MR) is 42.6 cm³/mol. The van der Waals surface area contributed by atoms with Gasteiger partial charge in [-0.05, 0) is 0 Å². The Bertz CT molecular complexity index is 321. The van der Waals surface area contributed by atoms with Gasteiger partial charge in [-0.2, -0.15) is 10.1 Å². The smallest absolute Gasteiger partial charge is 0.254 e. The molecule has 0 aromatic carbocycles. The molecule has 2 rings (SSSR count). The van der Waals surface area contributed by atoms with Gasteiger partial charge in [-0.25, -0.2) is 4.98 Å². The lowest BCUT2D eigenvalue weighted by Crippen LogP contribution is -2.20. The van der Waals surface area contributed by atoms with Crippen LogP contribution in [0.25, 0.3) is 0 Å². The van der Waals surface area contributed by atoms with Crippen molar-refractivity contribution in [2.45, 2.75) is 6.42 Å². The average molecular weight is 162 g/mol. The number of hydrogen-bond donors (Lipinski definition) is 0. The summed E-state index contributed by atoms with van der Waals surface area (Å²) in [5.41, 5.74) is 0. The van der Waals surface area contributed by atoms with Gasteiger partial charge in [0.05, 0.1) is 12.6 Å². The maximum absolute atomic E-state index is 11.1. The number of hydrogen-bond acceptors (Lipinski definition) is 4. The van der Waals surface area contributed by atoms with E-state index in [0.29, 0.717) is 12.2 Å². The van der Waals surface area contributed by atoms with E-state index < -0.39 is 0 Å². The van der Waals surface area contributed by atoms with Crippen LogP contribution < -0.4 is 5.01 Å². The standard InChI is InChI=1S/C7H6N4O/c12-7-1-2-10-11(7)6-5-8-3-4-9-6/h2-5H,1H2. The summed E-state index contributed by atoms with van der Waals surface area (Å²) in [6.07, 6.45) is 6.47. The second-order valence-electron chi connectivity index (χ2n) is 2.27. The molecule has 0 unspecified atom stereocenters. The van der Waals surface area contributed by atoms with Crippen LogP contribution in [-0.2, 0) is 4.79 Å². The Morgan fingerprint density at radius 1 is 1.42 bits per heavy atom. The Balaban J connectivity index is 2.31. The molecule has 1 aromatic rings. The van der Waals surface area contributed by atoms with Crippen molar-refractivity contribution in [1.82, 2.24) is 9.97 Å². The van der Waals surface area contributed by atoms with Crippen molar-refractivity contribution in [2.24, 2.45) is 5.10 Å². The molecule has 1 amide bonds. The van der Waals surface area contributed by atoms with Gasteiger partial charge in [0.1, 0.15) is 0 Å². The van der Waals surface area contributed by atoms with Gasteiger partial charge in [-0.1, -0.05) is 0 Å². The third kappa shape index (κ3) is 1.05. The summed E-state index contributed by atoms with van der Waals surface area (Å²) in [6, 6.07) is 0. The molecular formula is C7H6N4O. The van der Waals surface area contributed by atoms with Crippen LogP contribution in [0.2, 0.25) is 0 Å². The van der Waals surface area contributed by atoms with Gasteiger partial charge >= 0.3 is 0 Å². The highest BCUT2D eigenvalue weighted by Gasteiger charge is 2.19. The Hall–Kier alpha value is -1.78.